The van der Waals surface area contributed by atoms with Gasteiger partial charge in [-0.2, -0.15) is 0 Å². The van der Waals surface area contributed by atoms with Crippen LogP contribution in [0.5, 0.6) is 0 Å². The molecule has 0 aromatic heterocycles. The Morgan fingerprint density at radius 1 is 1.27 bits per heavy atom. The van der Waals surface area contributed by atoms with E-state index in [1.54, 1.807) is 0 Å². The molecule has 6 nitrogen and oxygen atoms in total. The maximum Gasteiger partial charge on any atom is 0.408 e. The Labute approximate surface area is 128 Å². The standard InChI is InChI=1S/C16H17NO5/c1-21-14(19)16(9-7-13(18)8-10-16)17-15(20)22-11-12-5-3-2-4-6-12/h2-7,9H,8,10-11H2,1H3,(H,17,20)/t16-/m0/s1. The first kappa shape index (κ1) is 15.8. The predicted molar refractivity (Wildman–Crippen MR) is 77.9 cm³/mol. The number of hydrogen-bond donors (Lipinski definition) is 1. The molecule has 1 aromatic rings. The van der Waals surface area contributed by atoms with Crippen LogP contribution in [0.3, 0.4) is 0 Å². The van der Waals surface area contributed by atoms with Crippen LogP contribution in [0, 0.1) is 0 Å². The average Bonchev–Trinajstić information content (AvgIpc) is 2.55. The molecule has 0 spiro atoms. The molecule has 0 unspecified atom stereocenters. The molecule has 1 N–H and O–H groups in total. The molecule has 1 atom stereocenters. The van der Waals surface area contributed by atoms with Crippen LogP contribution in [0.15, 0.2) is 42.5 Å². The van der Waals surface area contributed by atoms with Gasteiger partial charge in [0.05, 0.1) is 7.11 Å². The zero-order valence-electron chi connectivity index (χ0n) is 12.2. The van der Waals surface area contributed by atoms with E-state index in [4.69, 9.17) is 9.47 Å². The third-order valence-electron chi connectivity index (χ3n) is 3.41. The van der Waals surface area contributed by atoms with Crippen molar-refractivity contribution < 1.29 is 23.9 Å². The maximum absolute atomic E-state index is 12.0. The average molecular weight is 303 g/mol. The molecule has 0 radical (unpaired) electrons. The Kier molecular flexibility index (Phi) is 4.93. The zero-order valence-corrected chi connectivity index (χ0v) is 12.2. The van der Waals surface area contributed by atoms with Crippen molar-refractivity contribution in [3.05, 3.63) is 48.0 Å². The molecule has 0 bridgehead atoms. The van der Waals surface area contributed by atoms with E-state index in [-0.39, 0.29) is 25.2 Å². The van der Waals surface area contributed by atoms with Crippen LogP contribution >= 0.6 is 0 Å². The van der Waals surface area contributed by atoms with Gasteiger partial charge in [0.2, 0.25) is 0 Å². The number of ether oxygens (including phenoxy) is 2. The number of hydrogen-bond acceptors (Lipinski definition) is 5. The van der Waals surface area contributed by atoms with Gasteiger partial charge in [0.15, 0.2) is 11.3 Å². The largest absolute Gasteiger partial charge is 0.467 e. The number of carbonyl (C=O) groups is 3. The lowest BCUT2D eigenvalue weighted by Gasteiger charge is -2.30. The molecule has 22 heavy (non-hydrogen) atoms. The van der Waals surface area contributed by atoms with Gasteiger partial charge in [0.25, 0.3) is 0 Å². The second-order valence-corrected chi connectivity index (χ2v) is 4.95. The number of methoxy groups -OCH3 is 1. The topological polar surface area (TPSA) is 81.7 Å². The second-order valence-electron chi connectivity index (χ2n) is 4.95. The van der Waals surface area contributed by atoms with Crippen molar-refractivity contribution in [1.82, 2.24) is 5.32 Å². The van der Waals surface area contributed by atoms with Crippen molar-refractivity contribution >= 4 is 17.8 Å². The van der Waals surface area contributed by atoms with Crippen molar-refractivity contribution in [3.8, 4) is 0 Å². The molecule has 0 heterocycles. The van der Waals surface area contributed by atoms with Crippen molar-refractivity contribution in [2.24, 2.45) is 0 Å². The molecular weight excluding hydrogens is 286 g/mol. The van der Waals surface area contributed by atoms with Gasteiger partial charge in [-0.05, 0) is 24.1 Å². The second kappa shape index (κ2) is 6.89. The first-order valence-electron chi connectivity index (χ1n) is 6.85. The summed E-state index contributed by atoms with van der Waals surface area (Å²) in [5, 5.41) is 2.50. The minimum absolute atomic E-state index is 0.0899. The highest BCUT2D eigenvalue weighted by atomic mass is 16.6. The molecule has 116 valence electrons. The molecule has 0 fully saturated rings. The number of allylic oxidation sites excluding steroid dienone is 1. The summed E-state index contributed by atoms with van der Waals surface area (Å²) in [7, 11) is 1.23. The smallest absolute Gasteiger partial charge is 0.408 e. The van der Waals surface area contributed by atoms with Crippen molar-refractivity contribution in [2.45, 2.75) is 25.0 Å². The van der Waals surface area contributed by atoms with Crippen LogP contribution < -0.4 is 5.32 Å². The molecule has 0 saturated carbocycles. The molecule has 6 heteroatoms. The number of benzene rings is 1. The number of alkyl carbamates (subject to hydrolysis) is 1. The lowest BCUT2D eigenvalue weighted by molar-refractivity contribution is -0.146. The van der Waals surface area contributed by atoms with Crippen LogP contribution in [-0.2, 0) is 25.7 Å². The lowest BCUT2D eigenvalue weighted by Crippen LogP contribution is -2.55. The van der Waals surface area contributed by atoms with E-state index in [2.05, 4.69) is 5.32 Å². The Hall–Kier alpha value is -2.63. The Morgan fingerprint density at radius 3 is 2.59 bits per heavy atom. The molecule has 2 rings (SSSR count). The Bertz CT molecular complexity index is 596. The van der Waals surface area contributed by atoms with E-state index < -0.39 is 17.6 Å². The summed E-state index contributed by atoms with van der Waals surface area (Å²) in [6.45, 7) is 0.0899. The van der Waals surface area contributed by atoms with Crippen LogP contribution in [0.25, 0.3) is 0 Å². The molecular formula is C16H17NO5. The normalized spacial score (nSPS) is 20.3. The van der Waals surface area contributed by atoms with Crippen molar-refractivity contribution in [2.75, 3.05) is 7.11 Å². The number of rotatable bonds is 4. The number of ketones is 1. The van der Waals surface area contributed by atoms with E-state index >= 15 is 0 Å². The summed E-state index contributed by atoms with van der Waals surface area (Å²) in [6, 6.07) is 9.18. The number of nitrogens with one attached hydrogen (secondary N) is 1. The van der Waals surface area contributed by atoms with Gasteiger partial charge in [-0.15, -0.1) is 0 Å². The Balaban J connectivity index is 2.01. The molecule has 0 aliphatic heterocycles. The highest BCUT2D eigenvalue weighted by Crippen LogP contribution is 2.22. The van der Waals surface area contributed by atoms with Crippen LogP contribution in [0.2, 0.25) is 0 Å². The van der Waals surface area contributed by atoms with Crippen LogP contribution in [0.4, 0.5) is 4.79 Å². The van der Waals surface area contributed by atoms with Crippen molar-refractivity contribution in [1.29, 1.82) is 0 Å². The highest BCUT2D eigenvalue weighted by molar-refractivity contribution is 5.96. The fourth-order valence-corrected chi connectivity index (χ4v) is 2.17. The van der Waals surface area contributed by atoms with Gasteiger partial charge < -0.3 is 14.8 Å². The monoisotopic (exact) mass is 303 g/mol. The fourth-order valence-electron chi connectivity index (χ4n) is 2.17. The van der Waals surface area contributed by atoms with Gasteiger partial charge in [-0.3, -0.25) is 4.79 Å². The summed E-state index contributed by atoms with van der Waals surface area (Å²) in [6.07, 6.45) is 2.19. The summed E-state index contributed by atoms with van der Waals surface area (Å²) < 4.78 is 9.82. The first-order chi connectivity index (χ1) is 10.6. The van der Waals surface area contributed by atoms with Gasteiger partial charge >= 0.3 is 12.1 Å². The first-order valence-corrected chi connectivity index (χ1v) is 6.85. The SMILES string of the molecule is COC(=O)[C@]1(NC(=O)OCc2ccccc2)C=CC(=O)CC1. The van der Waals surface area contributed by atoms with Gasteiger partial charge in [-0.1, -0.05) is 30.3 Å². The number of amides is 1. The number of carbonyl (C=O) groups excluding carboxylic acids is 3. The summed E-state index contributed by atoms with van der Waals surface area (Å²) >= 11 is 0. The fraction of sp³-hybridized carbons (Fsp3) is 0.312. The minimum Gasteiger partial charge on any atom is -0.467 e. The lowest BCUT2D eigenvalue weighted by atomic mass is 9.87. The third kappa shape index (κ3) is 3.72. The van der Waals surface area contributed by atoms with Crippen LogP contribution in [-0.4, -0.2) is 30.5 Å². The van der Waals surface area contributed by atoms with E-state index in [9.17, 15) is 14.4 Å². The van der Waals surface area contributed by atoms with Gasteiger partial charge in [0.1, 0.15) is 6.61 Å². The maximum atomic E-state index is 12.0. The summed E-state index contributed by atoms with van der Waals surface area (Å²) in [5.41, 5.74) is -0.518. The van der Waals surface area contributed by atoms with E-state index in [0.717, 1.165) is 5.56 Å². The third-order valence-corrected chi connectivity index (χ3v) is 3.41. The van der Waals surface area contributed by atoms with Crippen molar-refractivity contribution in [3.63, 3.8) is 0 Å². The molecule has 0 saturated heterocycles. The quantitative estimate of drug-likeness (QED) is 0.857. The van der Waals surface area contributed by atoms with Crippen LogP contribution in [0.1, 0.15) is 18.4 Å². The summed E-state index contributed by atoms with van der Waals surface area (Å²) in [5.74, 6) is -0.730. The summed E-state index contributed by atoms with van der Waals surface area (Å²) in [4.78, 5) is 35.2. The number of esters is 1. The molecule has 1 amide bonds. The molecule has 1 aliphatic rings. The van der Waals surface area contributed by atoms with E-state index in [0.29, 0.717) is 0 Å². The minimum atomic E-state index is -1.35. The van der Waals surface area contributed by atoms with E-state index in [1.165, 1.54) is 19.3 Å². The predicted octanol–water partition coefficient (Wildman–Crippen LogP) is 1.74. The van der Waals surface area contributed by atoms with Gasteiger partial charge in [-0.25, -0.2) is 9.59 Å². The zero-order chi connectivity index (χ0) is 16.0. The molecule has 1 aromatic carbocycles. The van der Waals surface area contributed by atoms with Gasteiger partial charge in [0, 0.05) is 6.42 Å². The molecule has 1 aliphatic carbocycles. The Morgan fingerprint density at radius 2 is 2.00 bits per heavy atom. The van der Waals surface area contributed by atoms with E-state index in [1.807, 2.05) is 30.3 Å². The highest BCUT2D eigenvalue weighted by Gasteiger charge is 2.41.